The number of rotatable bonds is 6. The number of hydrogen-bond donors (Lipinski definition) is 1. The molecule has 0 saturated carbocycles. The summed E-state index contributed by atoms with van der Waals surface area (Å²) < 4.78 is 17.9. The SMILES string of the molecule is Cc1noc(CSc2ccc(C(=O)NCc3ccc(F)cc3)cc2)n1. The van der Waals surface area contributed by atoms with Crippen molar-refractivity contribution < 1.29 is 13.7 Å². The minimum atomic E-state index is -0.293. The molecule has 0 bridgehead atoms. The molecule has 128 valence electrons. The molecular formula is C18H16FN3O2S. The van der Waals surface area contributed by atoms with E-state index in [9.17, 15) is 9.18 Å². The summed E-state index contributed by atoms with van der Waals surface area (Å²) in [7, 11) is 0. The maximum Gasteiger partial charge on any atom is 0.251 e. The van der Waals surface area contributed by atoms with Gasteiger partial charge in [-0.2, -0.15) is 4.98 Å². The van der Waals surface area contributed by atoms with Gasteiger partial charge in [0.25, 0.3) is 5.91 Å². The van der Waals surface area contributed by atoms with E-state index in [1.165, 1.54) is 12.1 Å². The summed E-state index contributed by atoms with van der Waals surface area (Å²) in [5.41, 5.74) is 1.41. The Labute approximate surface area is 148 Å². The van der Waals surface area contributed by atoms with E-state index in [1.54, 1.807) is 43.0 Å². The Kier molecular flexibility index (Phi) is 5.45. The zero-order chi connectivity index (χ0) is 17.6. The average Bonchev–Trinajstić information content (AvgIpc) is 3.05. The van der Waals surface area contributed by atoms with Crippen molar-refractivity contribution in [2.24, 2.45) is 0 Å². The van der Waals surface area contributed by atoms with Gasteiger partial charge in [0.1, 0.15) is 5.82 Å². The number of thioether (sulfide) groups is 1. The predicted molar refractivity (Wildman–Crippen MR) is 92.6 cm³/mol. The third-order valence-electron chi connectivity index (χ3n) is 3.41. The van der Waals surface area contributed by atoms with Gasteiger partial charge in [0, 0.05) is 17.0 Å². The summed E-state index contributed by atoms with van der Waals surface area (Å²) in [5.74, 6) is 1.30. The molecule has 0 saturated heterocycles. The van der Waals surface area contributed by atoms with E-state index in [0.29, 0.717) is 29.6 Å². The predicted octanol–water partition coefficient (Wildman–Crippen LogP) is 3.74. The van der Waals surface area contributed by atoms with Gasteiger partial charge in [0.15, 0.2) is 5.82 Å². The lowest BCUT2D eigenvalue weighted by molar-refractivity contribution is 0.0951. The summed E-state index contributed by atoms with van der Waals surface area (Å²) in [5, 5.41) is 6.56. The van der Waals surface area contributed by atoms with E-state index in [2.05, 4.69) is 15.5 Å². The molecular weight excluding hydrogens is 341 g/mol. The summed E-state index contributed by atoms with van der Waals surface area (Å²) in [4.78, 5) is 17.3. The van der Waals surface area contributed by atoms with E-state index in [4.69, 9.17) is 4.52 Å². The monoisotopic (exact) mass is 357 g/mol. The van der Waals surface area contributed by atoms with Crippen molar-refractivity contribution in [1.82, 2.24) is 15.5 Å². The van der Waals surface area contributed by atoms with Crippen LogP contribution in [0.15, 0.2) is 57.9 Å². The first-order valence-electron chi connectivity index (χ1n) is 7.65. The third kappa shape index (κ3) is 4.90. The minimum absolute atomic E-state index is 0.173. The van der Waals surface area contributed by atoms with Crippen LogP contribution in [0.1, 0.15) is 27.6 Å². The average molecular weight is 357 g/mol. The van der Waals surface area contributed by atoms with Crippen LogP contribution in [-0.2, 0) is 12.3 Å². The molecule has 2 aromatic carbocycles. The Balaban J connectivity index is 1.52. The van der Waals surface area contributed by atoms with Crippen molar-refractivity contribution in [3.8, 4) is 0 Å². The fraction of sp³-hybridized carbons (Fsp3) is 0.167. The second kappa shape index (κ2) is 7.94. The number of hydrogen-bond acceptors (Lipinski definition) is 5. The number of nitrogens with zero attached hydrogens (tertiary/aromatic N) is 2. The number of halogens is 1. The van der Waals surface area contributed by atoms with E-state index < -0.39 is 0 Å². The zero-order valence-electron chi connectivity index (χ0n) is 13.5. The van der Waals surface area contributed by atoms with E-state index in [-0.39, 0.29) is 11.7 Å². The van der Waals surface area contributed by atoms with Gasteiger partial charge in [-0.3, -0.25) is 4.79 Å². The Hall–Kier alpha value is -2.67. The van der Waals surface area contributed by atoms with Crippen LogP contribution >= 0.6 is 11.8 Å². The van der Waals surface area contributed by atoms with Crippen LogP contribution in [0.2, 0.25) is 0 Å². The third-order valence-corrected chi connectivity index (χ3v) is 4.41. The molecule has 5 nitrogen and oxygen atoms in total. The highest BCUT2D eigenvalue weighted by molar-refractivity contribution is 7.98. The molecule has 0 radical (unpaired) electrons. The van der Waals surface area contributed by atoms with E-state index in [1.807, 2.05) is 12.1 Å². The molecule has 3 rings (SSSR count). The van der Waals surface area contributed by atoms with Gasteiger partial charge in [-0.05, 0) is 48.9 Å². The Bertz CT molecular complexity index is 848. The lowest BCUT2D eigenvalue weighted by Crippen LogP contribution is -2.22. The van der Waals surface area contributed by atoms with Gasteiger partial charge in [-0.1, -0.05) is 17.3 Å². The van der Waals surface area contributed by atoms with Gasteiger partial charge in [-0.25, -0.2) is 4.39 Å². The van der Waals surface area contributed by atoms with Crippen LogP contribution in [0.25, 0.3) is 0 Å². The van der Waals surface area contributed by atoms with Crippen molar-refractivity contribution in [3.63, 3.8) is 0 Å². The number of nitrogens with one attached hydrogen (secondary N) is 1. The Morgan fingerprint density at radius 3 is 2.52 bits per heavy atom. The lowest BCUT2D eigenvalue weighted by atomic mass is 10.2. The van der Waals surface area contributed by atoms with Gasteiger partial charge in [0.2, 0.25) is 5.89 Å². The molecule has 0 atom stereocenters. The summed E-state index contributed by atoms with van der Waals surface area (Å²) in [6.07, 6.45) is 0. The molecule has 1 amide bonds. The van der Waals surface area contributed by atoms with Crippen molar-refractivity contribution in [1.29, 1.82) is 0 Å². The Morgan fingerprint density at radius 2 is 1.88 bits per heavy atom. The first-order chi connectivity index (χ1) is 12.1. The normalized spacial score (nSPS) is 10.6. The van der Waals surface area contributed by atoms with Gasteiger partial charge >= 0.3 is 0 Å². The fourth-order valence-electron chi connectivity index (χ4n) is 2.13. The first kappa shape index (κ1) is 17.2. The fourth-order valence-corrected chi connectivity index (χ4v) is 2.87. The first-order valence-corrected chi connectivity index (χ1v) is 8.63. The Morgan fingerprint density at radius 1 is 1.16 bits per heavy atom. The molecule has 3 aromatic rings. The highest BCUT2D eigenvalue weighted by Gasteiger charge is 2.07. The highest BCUT2D eigenvalue weighted by atomic mass is 32.2. The van der Waals surface area contributed by atoms with Crippen molar-refractivity contribution >= 4 is 17.7 Å². The van der Waals surface area contributed by atoms with Crippen molar-refractivity contribution in [3.05, 3.63) is 77.2 Å². The molecule has 1 heterocycles. The number of aromatic nitrogens is 2. The zero-order valence-corrected chi connectivity index (χ0v) is 14.3. The second-order valence-electron chi connectivity index (χ2n) is 5.36. The lowest BCUT2D eigenvalue weighted by Gasteiger charge is -2.06. The molecule has 25 heavy (non-hydrogen) atoms. The van der Waals surface area contributed by atoms with Crippen molar-refractivity contribution in [2.45, 2.75) is 24.1 Å². The second-order valence-corrected chi connectivity index (χ2v) is 6.41. The standard InChI is InChI=1S/C18H16FN3O2S/c1-12-21-17(24-22-12)11-25-16-8-4-14(5-9-16)18(23)20-10-13-2-6-15(19)7-3-13/h2-9H,10-11H2,1H3,(H,20,23). The van der Waals surface area contributed by atoms with Crippen LogP contribution in [0, 0.1) is 12.7 Å². The molecule has 0 aliphatic heterocycles. The topological polar surface area (TPSA) is 68.0 Å². The number of carbonyl (C=O) groups is 1. The van der Waals surface area contributed by atoms with E-state index in [0.717, 1.165) is 10.5 Å². The maximum atomic E-state index is 12.9. The summed E-state index contributed by atoms with van der Waals surface area (Å²) in [6, 6.07) is 13.3. The number of carbonyl (C=O) groups excluding carboxylic acids is 1. The van der Waals surface area contributed by atoms with Gasteiger partial charge < -0.3 is 9.84 Å². The van der Waals surface area contributed by atoms with Crippen LogP contribution in [0.4, 0.5) is 4.39 Å². The molecule has 1 aromatic heterocycles. The van der Waals surface area contributed by atoms with Crippen molar-refractivity contribution in [2.75, 3.05) is 0 Å². The smallest absolute Gasteiger partial charge is 0.251 e. The highest BCUT2D eigenvalue weighted by Crippen LogP contribution is 2.22. The maximum absolute atomic E-state index is 12.9. The summed E-state index contributed by atoms with van der Waals surface area (Å²) in [6.45, 7) is 2.13. The largest absolute Gasteiger partial charge is 0.348 e. The molecule has 0 aliphatic rings. The number of amides is 1. The van der Waals surface area contributed by atoms with E-state index >= 15 is 0 Å². The minimum Gasteiger partial charge on any atom is -0.348 e. The quantitative estimate of drug-likeness (QED) is 0.681. The molecule has 0 unspecified atom stereocenters. The molecule has 7 heteroatoms. The van der Waals surface area contributed by atoms with Crippen LogP contribution < -0.4 is 5.32 Å². The number of aryl methyl sites for hydroxylation is 1. The molecule has 0 spiro atoms. The van der Waals surface area contributed by atoms with Crippen LogP contribution in [0.3, 0.4) is 0 Å². The van der Waals surface area contributed by atoms with Gasteiger partial charge in [0.05, 0.1) is 5.75 Å². The van der Waals surface area contributed by atoms with Crippen LogP contribution in [0.5, 0.6) is 0 Å². The van der Waals surface area contributed by atoms with Gasteiger partial charge in [-0.15, -0.1) is 11.8 Å². The molecule has 1 N–H and O–H groups in total. The molecule has 0 aliphatic carbocycles. The molecule has 0 fully saturated rings. The number of benzene rings is 2. The summed E-state index contributed by atoms with van der Waals surface area (Å²) >= 11 is 1.56. The van der Waals surface area contributed by atoms with Crippen LogP contribution in [-0.4, -0.2) is 16.0 Å².